The summed E-state index contributed by atoms with van der Waals surface area (Å²) < 4.78 is 41.8. The fourth-order valence-corrected chi connectivity index (χ4v) is 4.73. The molecule has 3 aromatic rings. The van der Waals surface area contributed by atoms with E-state index in [1.807, 2.05) is 0 Å². The van der Waals surface area contributed by atoms with Crippen LogP contribution >= 0.6 is 23.2 Å². The molecule has 0 radical (unpaired) electrons. The normalized spacial score (nSPS) is 11.4. The average molecular weight is 509 g/mol. The number of nitrogens with one attached hydrogen (secondary N) is 1. The largest absolute Gasteiger partial charge is 0.325 e. The maximum atomic E-state index is 14.4. The van der Waals surface area contributed by atoms with Crippen molar-refractivity contribution in [1.82, 2.24) is 4.31 Å². The number of anilines is 1. The maximum absolute atomic E-state index is 14.4. The van der Waals surface area contributed by atoms with Gasteiger partial charge in [0.2, 0.25) is 15.9 Å². The summed E-state index contributed by atoms with van der Waals surface area (Å²) in [4.78, 5) is 24.2. The lowest BCUT2D eigenvalue weighted by Gasteiger charge is -2.23. The van der Waals surface area contributed by atoms with Crippen molar-refractivity contribution in [2.75, 3.05) is 11.9 Å². The van der Waals surface area contributed by atoms with Gasteiger partial charge in [0.1, 0.15) is 5.82 Å². The summed E-state index contributed by atoms with van der Waals surface area (Å²) >= 11 is 12.0. The third kappa shape index (κ3) is 6.17. The van der Waals surface area contributed by atoms with E-state index < -0.39 is 34.8 Å². The number of ketones is 1. The quantitative estimate of drug-likeness (QED) is 0.425. The number of sulfonamides is 1. The average Bonchev–Trinajstić information content (AvgIpc) is 2.76. The van der Waals surface area contributed by atoms with E-state index in [1.165, 1.54) is 49.4 Å². The van der Waals surface area contributed by atoms with Gasteiger partial charge in [-0.2, -0.15) is 4.31 Å². The van der Waals surface area contributed by atoms with Crippen molar-refractivity contribution in [3.63, 3.8) is 0 Å². The number of Topliss-reactive ketones (excluding diaryl/α,β-unsaturated/α-hetero) is 1. The Bertz CT molecular complexity index is 1280. The highest BCUT2D eigenvalue weighted by Gasteiger charge is 2.28. The lowest BCUT2D eigenvalue weighted by molar-refractivity contribution is -0.116. The van der Waals surface area contributed by atoms with Crippen molar-refractivity contribution >= 4 is 50.6 Å². The summed E-state index contributed by atoms with van der Waals surface area (Å²) in [5, 5.41) is 2.93. The first kappa shape index (κ1) is 24.9. The van der Waals surface area contributed by atoms with Gasteiger partial charge < -0.3 is 5.32 Å². The second-order valence-electron chi connectivity index (χ2n) is 7.11. The first-order chi connectivity index (χ1) is 15.6. The summed E-state index contributed by atoms with van der Waals surface area (Å²) in [6.07, 6.45) is 0. The minimum atomic E-state index is -4.22. The zero-order chi connectivity index (χ0) is 24.2. The highest BCUT2D eigenvalue weighted by atomic mass is 35.5. The summed E-state index contributed by atoms with van der Waals surface area (Å²) in [6, 6.07) is 15.6. The first-order valence-electron chi connectivity index (χ1n) is 9.67. The van der Waals surface area contributed by atoms with Crippen molar-refractivity contribution < 1.29 is 22.4 Å². The molecule has 0 spiro atoms. The summed E-state index contributed by atoms with van der Waals surface area (Å²) in [7, 11) is -4.22. The Labute approximate surface area is 201 Å². The molecule has 0 saturated carbocycles. The standard InChI is InChI=1S/C23H19Cl2FN2O4S/c1-15(29)16-4-2-5-18(12-16)27-23(30)14-28(13-20-21(25)6-3-7-22(20)26)33(31,32)19-10-8-17(24)9-11-19/h2-12H,13-14H2,1H3,(H,27,30). The molecule has 0 aromatic heterocycles. The van der Waals surface area contributed by atoms with E-state index in [0.717, 1.165) is 10.4 Å². The Hall–Kier alpha value is -2.78. The summed E-state index contributed by atoms with van der Waals surface area (Å²) in [5.74, 6) is -1.57. The van der Waals surface area contributed by atoms with E-state index in [2.05, 4.69) is 5.32 Å². The van der Waals surface area contributed by atoms with Gasteiger partial charge in [-0.05, 0) is 55.5 Å². The molecule has 0 unspecified atom stereocenters. The Morgan fingerprint density at radius 2 is 1.67 bits per heavy atom. The molecule has 0 aliphatic rings. The van der Waals surface area contributed by atoms with Gasteiger partial charge in [-0.25, -0.2) is 12.8 Å². The van der Waals surface area contributed by atoms with Gasteiger partial charge in [0.25, 0.3) is 0 Å². The highest BCUT2D eigenvalue weighted by Crippen LogP contribution is 2.25. The van der Waals surface area contributed by atoms with Crippen molar-refractivity contribution in [2.45, 2.75) is 18.4 Å². The molecule has 3 aromatic carbocycles. The molecule has 0 fully saturated rings. The monoisotopic (exact) mass is 508 g/mol. The van der Waals surface area contributed by atoms with Gasteiger partial charge in [0.15, 0.2) is 5.78 Å². The number of benzene rings is 3. The second kappa shape index (κ2) is 10.4. The molecule has 1 amide bonds. The lowest BCUT2D eigenvalue weighted by Crippen LogP contribution is -2.38. The van der Waals surface area contributed by atoms with Crippen LogP contribution in [0.2, 0.25) is 10.0 Å². The van der Waals surface area contributed by atoms with Crippen LogP contribution in [0.5, 0.6) is 0 Å². The molecule has 6 nitrogen and oxygen atoms in total. The van der Waals surface area contributed by atoms with E-state index in [9.17, 15) is 22.4 Å². The van der Waals surface area contributed by atoms with E-state index in [4.69, 9.17) is 23.2 Å². The second-order valence-corrected chi connectivity index (χ2v) is 9.89. The summed E-state index contributed by atoms with van der Waals surface area (Å²) in [5.41, 5.74) is 0.639. The number of nitrogens with zero attached hydrogens (tertiary/aromatic N) is 1. The first-order valence-corrected chi connectivity index (χ1v) is 11.9. The van der Waals surface area contributed by atoms with Crippen LogP contribution in [0, 0.1) is 5.82 Å². The van der Waals surface area contributed by atoms with Crippen LogP contribution in [0.3, 0.4) is 0 Å². The molecule has 0 heterocycles. The van der Waals surface area contributed by atoms with Crippen molar-refractivity contribution in [3.8, 4) is 0 Å². The molecular formula is C23H19Cl2FN2O4S. The fraction of sp³-hybridized carbons (Fsp3) is 0.130. The van der Waals surface area contributed by atoms with Crippen LogP contribution in [0.1, 0.15) is 22.8 Å². The van der Waals surface area contributed by atoms with Crippen molar-refractivity contribution in [2.24, 2.45) is 0 Å². The molecule has 0 aliphatic heterocycles. The van der Waals surface area contributed by atoms with Gasteiger partial charge in [0.05, 0.1) is 11.4 Å². The smallest absolute Gasteiger partial charge is 0.243 e. The minimum absolute atomic E-state index is 0.0286. The number of hydrogen-bond acceptors (Lipinski definition) is 4. The van der Waals surface area contributed by atoms with Crippen molar-refractivity contribution in [3.05, 3.63) is 93.7 Å². The minimum Gasteiger partial charge on any atom is -0.325 e. The van der Waals surface area contributed by atoms with Gasteiger partial charge in [-0.1, -0.05) is 41.4 Å². The van der Waals surface area contributed by atoms with E-state index in [0.29, 0.717) is 16.3 Å². The Kier molecular flexibility index (Phi) is 7.86. The maximum Gasteiger partial charge on any atom is 0.243 e. The third-order valence-corrected chi connectivity index (χ3v) is 7.13. The number of carbonyl (C=O) groups is 2. The molecule has 10 heteroatoms. The number of rotatable bonds is 8. The third-order valence-electron chi connectivity index (χ3n) is 4.72. The molecule has 33 heavy (non-hydrogen) atoms. The molecule has 172 valence electrons. The molecule has 3 rings (SSSR count). The van der Waals surface area contributed by atoms with Crippen LogP contribution in [0.25, 0.3) is 0 Å². The molecule has 0 aliphatic carbocycles. The Morgan fingerprint density at radius 1 is 1.00 bits per heavy atom. The topological polar surface area (TPSA) is 83.6 Å². The van der Waals surface area contributed by atoms with Crippen LogP contribution in [0.4, 0.5) is 10.1 Å². The highest BCUT2D eigenvalue weighted by molar-refractivity contribution is 7.89. The van der Waals surface area contributed by atoms with E-state index in [-0.39, 0.29) is 21.3 Å². The molecule has 0 saturated heterocycles. The Balaban J connectivity index is 1.93. The predicted molar refractivity (Wildman–Crippen MR) is 126 cm³/mol. The van der Waals surface area contributed by atoms with Gasteiger partial charge in [-0.3, -0.25) is 9.59 Å². The van der Waals surface area contributed by atoms with E-state index >= 15 is 0 Å². The lowest BCUT2D eigenvalue weighted by atomic mass is 10.1. The molecule has 0 bridgehead atoms. The van der Waals surface area contributed by atoms with Gasteiger partial charge in [-0.15, -0.1) is 0 Å². The van der Waals surface area contributed by atoms with Crippen LogP contribution in [-0.4, -0.2) is 31.0 Å². The number of amides is 1. The number of carbonyl (C=O) groups excluding carboxylic acids is 2. The number of hydrogen-bond donors (Lipinski definition) is 1. The van der Waals surface area contributed by atoms with Crippen LogP contribution in [0.15, 0.2) is 71.6 Å². The van der Waals surface area contributed by atoms with Crippen LogP contribution in [-0.2, 0) is 21.4 Å². The zero-order valence-electron chi connectivity index (χ0n) is 17.4. The predicted octanol–water partition coefficient (Wildman–Crippen LogP) is 5.16. The van der Waals surface area contributed by atoms with Gasteiger partial charge in [0, 0.05) is 33.4 Å². The number of halogens is 3. The molecular weight excluding hydrogens is 490 g/mol. The molecule has 0 atom stereocenters. The van der Waals surface area contributed by atoms with Gasteiger partial charge >= 0.3 is 0 Å². The Morgan fingerprint density at radius 3 is 2.30 bits per heavy atom. The van der Waals surface area contributed by atoms with Crippen molar-refractivity contribution in [1.29, 1.82) is 0 Å². The fourth-order valence-electron chi connectivity index (χ4n) is 3.02. The summed E-state index contributed by atoms with van der Waals surface area (Å²) in [6.45, 7) is 0.288. The molecule has 1 N–H and O–H groups in total. The SMILES string of the molecule is CC(=O)c1cccc(NC(=O)CN(Cc2c(F)cccc2Cl)S(=O)(=O)c2ccc(Cl)cc2)c1. The zero-order valence-corrected chi connectivity index (χ0v) is 19.7. The van der Waals surface area contributed by atoms with Crippen LogP contribution < -0.4 is 5.32 Å². The van der Waals surface area contributed by atoms with E-state index in [1.54, 1.807) is 18.2 Å².